The van der Waals surface area contributed by atoms with Crippen molar-refractivity contribution >= 4 is 5.78 Å². The van der Waals surface area contributed by atoms with E-state index in [1.165, 1.54) is 32.1 Å². The van der Waals surface area contributed by atoms with Gasteiger partial charge in [-0.1, -0.05) is 19.8 Å². The number of fused-ring (bicyclic) bond motifs is 3. The molecule has 118 valence electrons. The molecule has 1 heterocycles. The van der Waals surface area contributed by atoms with Crippen LogP contribution < -0.4 is 0 Å². The summed E-state index contributed by atoms with van der Waals surface area (Å²) in [6.45, 7) is 2.37. The van der Waals surface area contributed by atoms with Gasteiger partial charge in [0.15, 0.2) is 0 Å². The molecule has 0 aromatic rings. The van der Waals surface area contributed by atoms with Crippen LogP contribution in [0.25, 0.3) is 0 Å². The van der Waals surface area contributed by atoms with Crippen molar-refractivity contribution in [3.63, 3.8) is 0 Å². The molecule has 1 aliphatic heterocycles. The van der Waals surface area contributed by atoms with E-state index < -0.39 is 0 Å². The minimum Gasteiger partial charge on any atom is -0.300 e. The lowest BCUT2D eigenvalue weighted by atomic mass is 9.58. The molecule has 0 N–H and O–H groups in total. The highest BCUT2D eigenvalue weighted by atomic mass is 17.2. The van der Waals surface area contributed by atoms with Crippen LogP contribution in [0.2, 0.25) is 0 Å². The lowest BCUT2D eigenvalue weighted by Gasteiger charge is -2.56. The normalized spacial score (nSPS) is 46.0. The molecule has 21 heavy (non-hydrogen) atoms. The number of carbonyl (C=O) groups is 1. The smallest absolute Gasteiger partial charge is 0.133 e. The Morgan fingerprint density at radius 1 is 1.00 bits per heavy atom. The van der Waals surface area contributed by atoms with E-state index in [4.69, 9.17) is 9.78 Å². The van der Waals surface area contributed by atoms with Crippen molar-refractivity contribution in [3.05, 3.63) is 0 Å². The molecule has 0 aromatic carbocycles. The van der Waals surface area contributed by atoms with Crippen LogP contribution in [0.5, 0.6) is 0 Å². The lowest BCUT2D eigenvalue weighted by molar-refractivity contribution is -0.466. The highest BCUT2D eigenvalue weighted by Crippen LogP contribution is 2.56. The Bertz CT molecular complexity index is 408. The first-order chi connectivity index (χ1) is 10.1. The van der Waals surface area contributed by atoms with Gasteiger partial charge in [0.05, 0.1) is 0 Å². The van der Waals surface area contributed by atoms with E-state index in [9.17, 15) is 4.79 Å². The van der Waals surface area contributed by atoms with Gasteiger partial charge in [0.25, 0.3) is 0 Å². The maximum atomic E-state index is 11.5. The van der Waals surface area contributed by atoms with Crippen LogP contribution >= 0.6 is 0 Å². The Morgan fingerprint density at radius 2 is 1.81 bits per heavy atom. The molecule has 3 heteroatoms. The zero-order chi connectivity index (χ0) is 14.5. The van der Waals surface area contributed by atoms with E-state index in [0.29, 0.717) is 30.5 Å². The molecule has 3 aliphatic carbocycles. The summed E-state index contributed by atoms with van der Waals surface area (Å²) in [6.07, 6.45) is 12.1. The average Bonchev–Trinajstić information content (AvgIpc) is 2.51. The summed E-state index contributed by atoms with van der Waals surface area (Å²) >= 11 is 0. The first-order valence-corrected chi connectivity index (χ1v) is 9.00. The SMILES string of the molecule is CC1CC2CCCC(C2)C12CCC1(CCC(=O)CC1)OO2. The second kappa shape index (κ2) is 5.06. The van der Waals surface area contributed by atoms with Crippen molar-refractivity contribution in [2.45, 2.75) is 88.8 Å². The molecular weight excluding hydrogens is 264 g/mol. The van der Waals surface area contributed by atoms with E-state index in [1.54, 1.807) is 0 Å². The molecule has 0 radical (unpaired) electrons. The maximum Gasteiger partial charge on any atom is 0.133 e. The monoisotopic (exact) mass is 292 g/mol. The molecule has 4 rings (SSSR count). The molecule has 3 nitrogen and oxygen atoms in total. The topological polar surface area (TPSA) is 35.5 Å². The summed E-state index contributed by atoms with van der Waals surface area (Å²) in [6, 6.07) is 0. The third-order valence-corrected chi connectivity index (χ3v) is 7.06. The van der Waals surface area contributed by atoms with Crippen molar-refractivity contribution in [1.29, 1.82) is 0 Å². The second-order valence-corrected chi connectivity index (χ2v) is 8.21. The Kier molecular flexibility index (Phi) is 3.42. The van der Waals surface area contributed by atoms with Crippen molar-refractivity contribution in [2.24, 2.45) is 17.8 Å². The standard InChI is InChI=1S/C18H28O3/c1-13-11-14-3-2-4-15(12-14)18(13)10-9-17(20-21-18)7-5-16(19)6-8-17/h13-15H,2-12H2,1H3. The highest BCUT2D eigenvalue weighted by Gasteiger charge is 2.56. The van der Waals surface area contributed by atoms with Gasteiger partial charge in [-0.15, -0.1) is 0 Å². The molecule has 0 amide bonds. The van der Waals surface area contributed by atoms with Crippen LogP contribution in [0.15, 0.2) is 0 Å². The van der Waals surface area contributed by atoms with E-state index >= 15 is 0 Å². The van der Waals surface area contributed by atoms with Crippen LogP contribution in [0.4, 0.5) is 0 Å². The van der Waals surface area contributed by atoms with Gasteiger partial charge in [-0.05, 0) is 62.7 Å². The largest absolute Gasteiger partial charge is 0.300 e. The fraction of sp³-hybridized carbons (Fsp3) is 0.944. The minimum absolute atomic E-state index is 0.0242. The first-order valence-electron chi connectivity index (χ1n) is 9.00. The van der Waals surface area contributed by atoms with E-state index in [1.807, 2.05) is 0 Å². The molecule has 0 aromatic heterocycles. The van der Waals surface area contributed by atoms with Gasteiger partial charge in [-0.25, -0.2) is 9.78 Å². The zero-order valence-electron chi connectivity index (χ0n) is 13.2. The van der Waals surface area contributed by atoms with Gasteiger partial charge in [0.1, 0.15) is 17.0 Å². The fourth-order valence-electron chi connectivity index (χ4n) is 5.64. The fourth-order valence-corrected chi connectivity index (χ4v) is 5.64. The summed E-state index contributed by atoms with van der Waals surface area (Å²) in [5, 5.41) is 0. The Morgan fingerprint density at radius 3 is 2.52 bits per heavy atom. The second-order valence-electron chi connectivity index (χ2n) is 8.21. The van der Waals surface area contributed by atoms with Crippen LogP contribution in [-0.4, -0.2) is 17.0 Å². The summed E-state index contributed by atoms with van der Waals surface area (Å²) in [5.74, 6) is 2.63. The Labute approximate surface area is 127 Å². The molecule has 4 atom stereocenters. The van der Waals surface area contributed by atoms with Crippen molar-refractivity contribution in [3.8, 4) is 0 Å². The molecule has 2 spiro atoms. The highest BCUT2D eigenvalue weighted by molar-refractivity contribution is 5.79. The summed E-state index contributed by atoms with van der Waals surface area (Å²) in [4.78, 5) is 23.8. The van der Waals surface area contributed by atoms with Gasteiger partial charge in [-0.2, -0.15) is 0 Å². The number of Topliss-reactive ketones (excluding diaryl/α,β-unsaturated/α-hetero) is 1. The van der Waals surface area contributed by atoms with Crippen molar-refractivity contribution in [1.82, 2.24) is 0 Å². The quantitative estimate of drug-likeness (QED) is 0.628. The molecule has 1 saturated heterocycles. The van der Waals surface area contributed by atoms with Crippen molar-refractivity contribution < 1.29 is 14.6 Å². The third kappa shape index (κ3) is 2.28. The number of hydrogen-bond donors (Lipinski definition) is 0. The zero-order valence-corrected chi connectivity index (χ0v) is 13.2. The number of ketones is 1. The maximum absolute atomic E-state index is 11.5. The Balaban J connectivity index is 1.49. The van der Waals surface area contributed by atoms with Crippen LogP contribution in [0.1, 0.15) is 77.6 Å². The van der Waals surface area contributed by atoms with Gasteiger partial charge in [-0.3, -0.25) is 4.79 Å². The van der Waals surface area contributed by atoms with E-state index in [2.05, 4.69) is 6.92 Å². The average molecular weight is 292 g/mol. The summed E-state index contributed by atoms with van der Waals surface area (Å²) in [7, 11) is 0. The predicted octanol–water partition coefficient (Wildman–Crippen LogP) is 4.20. The molecule has 4 unspecified atom stereocenters. The molecular formula is C18H28O3. The van der Waals surface area contributed by atoms with Crippen molar-refractivity contribution in [2.75, 3.05) is 0 Å². The molecule has 2 bridgehead atoms. The summed E-state index contributed by atoms with van der Waals surface area (Å²) < 4.78 is 0. The van der Waals surface area contributed by atoms with Gasteiger partial charge >= 0.3 is 0 Å². The molecule has 4 fully saturated rings. The predicted molar refractivity (Wildman–Crippen MR) is 79.6 cm³/mol. The lowest BCUT2D eigenvalue weighted by Crippen LogP contribution is -2.58. The number of carbonyl (C=O) groups excluding carboxylic acids is 1. The third-order valence-electron chi connectivity index (χ3n) is 7.06. The first kappa shape index (κ1) is 14.2. The van der Waals surface area contributed by atoms with Crippen LogP contribution in [0, 0.1) is 17.8 Å². The van der Waals surface area contributed by atoms with E-state index in [0.717, 1.165) is 31.6 Å². The van der Waals surface area contributed by atoms with E-state index in [-0.39, 0.29) is 11.2 Å². The Hall–Kier alpha value is -0.410. The van der Waals surface area contributed by atoms with Gasteiger partial charge in [0.2, 0.25) is 0 Å². The molecule has 4 aliphatic rings. The van der Waals surface area contributed by atoms with Crippen LogP contribution in [-0.2, 0) is 14.6 Å². The minimum atomic E-state index is -0.148. The van der Waals surface area contributed by atoms with Gasteiger partial charge in [0, 0.05) is 12.8 Å². The number of rotatable bonds is 0. The van der Waals surface area contributed by atoms with Gasteiger partial charge < -0.3 is 0 Å². The molecule has 3 saturated carbocycles. The van der Waals surface area contributed by atoms with Crippen LogP contribution in [0.3, 0.4) is 0 Å². The number of hydrogen-bond acceptors (Lipinski definition) is 3. The summed E-state index contributed by atoms with van der Waals surface area (Å²) in [5.41, 5.74) is -0.173.